The molecule has 0 bridgehead atoms. The fourth-order valence-corrected chi connectivity index (χ4v) is 2.18. The fraction of sp³-hybridized carbons (Fsp3) is 0. The molecule has 0 spiro atoms. The largest absolute Gasteiger partial charge is 0.507 e. The lowest BCUT2D eigenvalue weighted by Gasteiger charge is -2.09. The van der Waals surface area contributed by atoms with Gasteiger partial charge in [0.05, 0.1) is 11.3 Å². The average Bonchev–Trinajstić information content (AvgIpc) is 2.55. The van der Waals surface area contributed by atoms with Crippen molar-refractivity contribution in [1.29, 1.82) is 5.26 Å². The van der Waals surface area contributed by atoms with E-state index in [1.807, 2.05) is 36.4 Å². The molecule has 106 valence electrons. The highest BCUT2D eigenvalue weighted by Crippen LogP contribution is 2.31. The number of phenolic OH excluding ortho intramolecular Hbond substituents is 1. The summed E-state index contributed by atoms with van der Waals surface area (Å²) in [4.78, 5) is 8.58. The highest BCUT2D eigenvalue weighted by Gasteiger charge is 2.16. The molecule has 1 heterocycles. The smallest absolute Gasteiger partial charge is 0.165 e. The van der Waals surface area contributed by atoms with Gasteiger partial charge in [0, 0.05) is 5.56 Å². The van der Waals surface area contributed by atoms with Crippen molar-refractivity contribution < 1.29 is 5.11 Å². The zero-order chi connectivity index (χ0) is 15.5. The van der Waals surface area contributed by atoms with E-state index in [1.165, 1.54) is 0 Å². The lowest BCUT2D eigenvalue weighted by Crippen LogP contribution is -2.03. The second-order valence-electron chi connectivity index (χ2n) is 4.65. The van der Waals surface area contributed by atoms with Gasteiger partial charge in [-0.2, -0.15) is 5.26 Å². The monoisotopic (exact) mass is 288 g/mol. The van der Waals surface area contributed by atoms with Crippen molar-refractivity contribution in [2.24, 2.45) is 0 Å². The third-order valence-electron chi connectivity index (χ3n) is 3.24. The lowest BCUT2D eigenvalue weighted by atomic mass is 10.1. The summed E-state index contributed by atoms with van der Waals surface area (Å²) in [5.41, 5.74) is 7.82. The molecule has 3 N–H and O–H groups in total. The molecule has 0 aliphatic rings. The van der Waals surface area contributed by atoms with Crippen LogP contribution in [-0.4, -0.2) is 15.1 Å². The Labute approximate surface area is 127 Å². The number of aromatic hydroxyl groups is 1. The molecule has 0 atom stereocenters. The first-order valence-corrected chi connectivity index (χ1v) is 6.62. The van der Waals surface area contributed by atoms with Gasteiger partial charge in [0.25, 0.3) is 0 Å². The molecule has 5 nitrogen and oxygen atoms in total. The summed E-state index contributed by atoms with van der Waals surface area (Å²) in [6.45, 7) is 0. The minimum absolute atomic E-state index is 0.0608. The molecule has 0 saturated heterocycles. The number of nitrogens with zero attached hydrogens (tertiary/aromatic N) is 3. The van der Waals surface area contributed by atoms with E-state index in [0.29, 0.717) is 11.3 Å². The molecule has 0 amide bonds. The molecule has 2 aromatic carbocycles. The van der Waals surface area contributed by atoms with Crippen LogP contribution in [0.4, 0.5) is 5.82 Å². The number of benzene rings is 2. The van der Waals surface area contributed by atoms with Gasteiger partial charge in [0.2, 0.25) is 0 Å². The van der Waals surface area contributed by atoms with Crippen LogP contribution in [0.25, 0.3) is 22.6 Å². The van der Waals surface area contributed by atoms with E-state index in [4.69, 9.17) is 5.73 Å². The Morgan fingerprint density at radius 2 is 1.64 bits per heavy atom. The molecule has 0 radical (unpaired) electrons. The number of rotatable bonds is 2. The summed E-state index contributed by atoms with van der Waals surface area (Å²) >= 11 is 0. The summed E-state index contributed by atoms with van der Waals surface area (Å²) in [6, 6.07) is 18.1. The van der Waals surface area contributed by atoms with E-state index in [-0.39, 0.29) is 23.0 Å². The topological polar surface area (TPSA) is 95.8 Å². The molecule has 0 aliphatic heterocycles. The Bertz CT molecular complexity index is 870. The number of para-hydroxylation sites is 1. The zero-order valence-electron chi connectivity index (χ0n) is 11.6. The van der Waals surface area contributed by atoms with Gasteiger partial charge in [-0.3, -0.25) is 0 Å². The summed E-state index contributed by atoms with van der Waals surface area (Å²) < 4.78 is 0. The van der Waals surface area contributed by atoms with Crippen LogP contribution in [0.1, 0.15) is 5.56 Å². The maximum atomic E-state index is 9.96. The summed E-state index contributed by atoms with van der Waals surface area (Å²) in [6.07, 6.45) is 0. The van der Waals surface area contributed by atoms with Gasteiger partial charge in [0.15, 0.2) is 5.82 Å². The summed E-state index contributed by atoms with van der Waals surface area (Å²) in [7, 11) is 0. The minimum Gasteiger partial charge on any atom is -0.507 e. The number of aromatic nitrogens is 2. The Hall–Kier alpha value is -3.39. The second-order valence-corrected chi connectivity index (χ2v) is 4.65. The molecular weight excluding hydrogens is 276 g/mol. The van der Waals surface area contributed by atoms with Crippen molar-refractivity contribution in [1.82, 2.24) is 9.97 Å². The molecule has 0 fully saturated rings. The predicted molar refractivity (Wildman–Crippen MR) is 83.7 cm³/mol. The number of nitrogen functional groups attached to an aromatic ring is 1. The Morgan fingerprint density at radius 1 is 0.955 bits per heavy atom. The highest BCUT2D eigenvalue weighted by atomic mass is 16.3. The highest BCUT2D eigenvalue weighted by molar-refractivity contribution is 5.76. The molecule has 0 saturated carbocycles. The molecule has 3 rings (SSSR count). The van der Waals surface area contributed by atoms with Crippen molar-refractivity contribution in [3.8, 4) is 34.5 Å². The molecule has 3 aromatic rings. The zero-order valence-corrected chi connectivity index (χ0v) is 11.6. The van der Waals surface area contributed by atoms with Crippen LogP contribution in [0.2, 0.25) is 0 Å². The average molecular weight is 288 g/mol. The number of phenols is 1. The van der Waals surface area contributed by atoms with Crippen LogP contribution >= 0.6 is 0 Å². The van der Waals surface area contributed by atoms with Gasteiger partial charge in [-0.05, 0) is 12.1 Å². The molecule has 1 aromatic heterocycles. The van der Waals surface area contributed by atoms with Crippen molar-refractivity contribution in [3.63, 3.8) is 0 Å². The molecule has 22 heavy (non-hydrogen) atoms. The van der Waals surface area contributed by atoms with Crippen LogP contribution in [0.3, 0.4) is 0 Å². The maximum absolute atomic E-state index is 9.96. The van der Waals surface area contributed by atoms with E-state index in [0.717, 1.165) is 5.56 Å². The quantitative estimate of drug-likeness (QED) is 0.755. The maximum Gasteiger partial charge on any atom is 0.165 e. The van der Waals surface area contributed by atoms with E-state index in [9.17, 15) is 10.4 Å². The van der Waals surface area contributed by atoms with Crippen molar-refractivity contribution in [2.75, 3.05) is 5.73 Å². The standard InChI is InChI=1S/C17H12N4O/c18-10-13-15(11-6-2-1-3-7-11)20-17(21-16(13)19)12-8-4-5-9-14(12)22/h1-9,22H,(H2,19,20,21). The third kappa shape index (κ3) is 2.34. The second kappa shape index (κ2) is 5.54. The molecule has 0 aliphatic carbocycles. The van der Waals surface area contributed by atoms with Gasteiger partial charge in [0.1, 0.15) is 23.2 Å². The molecule has 0 unspecified atom stereocenters. The van der Waals surface area contributed by atoms with Crippen LogP contribution in [0, 0.1) is 11.3 Å². The van der Waals surface area contributed by atoms with Gasteiger partial charge in [-0.25, -0.2) is 9.97 Å². The molecule has 5 heteroatoms. The number of hydrogen-bond donors (Lipinski definition) is 2. The number of anilines is 1. The first kappa shape index (κ1) is 13.6. The van der Waals surface area contributed by atoms with Gasteiger partial charge in [-0.15, -0.1) is 0 Å². The van der Waals surface area contributed by atoms with Crippen LogP contribution < -0.4 is 5.73 Å². The SMILES string of the molecule is N#Cc1c(N)nc(-c2ccccc2O)nc1-c1ccccc1. The Balaban J connectivity index is 2.27. The minimum atomic E-state index is 0.0608. The van der Waals surface area contributed by atoms with Crippen molar-refractivity contribution in [3.05, 3.63) is 60.2 Å². The third-order valence-corrected chi connectivity index (χ3v) is 3.24. The fourth-order valence-electron chi connectivity index (χ4n) is 2.18. The van der Waals surface area contributed by atoms with E-state index >= 15 is 0 Å². The number of nitrogens with two attached hydrogens (primary N) is 1. The Morgan fingerprint density at radius 3 is 2.32 bits per heavy atom. The number of nitriles is 1. The van der Waals surface area contributed by atoms with Crippen molar-refractivity contribution >= 4 is 5.82 Å². The van der Waals surface area contributed by atoms with Crippen molar-refractivity contribution in [2.45, 2.75) is 0 Å². The van der Waals surface area contributed by atoms with E-state index in [2.05, 4.69) is 9.97 Å². The van der Waals surface area contributed by atoms with Gasteiger partial charge >= 0.3 is 0 Å². The van der Waals surface area contributed by atoms with E-state index < -0.39 is 0 Å². The normalized spacial score (nSPS) is 10.1. The number of hydrogen-bond acceptors (Lipinski definition) is 5. The Kier molecular flexibility index (Phi) is 3.42. The first-order valence-electron chi connectivity index (χ1n) is 6.62. The van der Waals surface area contributed by atoms with Crippen LogP contribution in [0.5, 0.6) is 5.75 Å². The summed E-state index contributed by atoms with van der Waals surface area (Å²) in [5, 5.41) is 19.3. The molecular formula is C17H12N4O. The van der Waals surface area contributed by atoms with E-state index in [1.54, 1.807) is 24.3 Å². The van der Waals surface area contributed by atoms with Gasteiger partial charge in [-0.1, -0.05) is 42.5 Å². The van der Waals surface area contributed by atoms with Crippen LogP contribution in [0.15, 0.2) is 54.6 Å². The summed E-state index contributed by atoms with van der Waals surface area (Å²) in [5.74, 6) is 0.439. The van der Waals surface area contributed by atoms with Gasteiger partial charge < -0.3 is 10.8 Å². The van der Waals surface area contributed by atoms with Crippen LogP contribution in [-0.2, 0) is 0 Å². The lowest BCUT2D eigenvalue weighted by molar-refractivity contribution is 0.477. The predicted octanol–water partition coefficient (Wildman–Crippen LogP) is 2.97. The first-order chi connectivity index (χ1) is 10.7.